The molecule has 0 radical (unpaired) electrons. The monoisotopic (exact) mass is 473 g/mol. The van der Waals surface area contributed by atoms with Gasteiger partial charge in [0.2, 0.25) is 15.8 Å². The van der Waals surface area contributed by atoms with Crippen molar-refractivity contribution < 1.29 is 13.2 Å². The Morgan fingerprint density at radius 1 is 1.03 bits per heavy atom. The van der Waals surface area contributed by atoms with Crippen LogP contribution in [-0.4, -0.2) is 51.7 Å². The smallest absolute Gasteiger partial charge is 0.227 e. The first-order valence-electron chi connectivity index (χ1n) is 10.1. The summed E-state index contributed by atoms with van der Waals surface area (Å²) < 4.78 is 31.2. The first kappa shape index (κ1) is 22.2. The zero-order chi connectivity index (χ0) is 22.9. The minimum absolute atomic E-state index is 0.00179. The SMILES string of the molecule is COc1ccc(S(=O)(=O)c2cnc(N3CCN(c4ccc(C)cc4)CC3)nc2N)cc1Cl. The molecule has 4 rings (SSSR count). The highest BCUT2D eigenvalue weighted by molar-refractivity contribution is 7.91. The molecule has 1 aromatic heterocycles. The Balaban J connectivity index is 1.51. The Hall–Kier alpha value is -3.04. The third kappa shape index (κ3) is 4.31. The topological polar surface area (TPSA) is 102 Å². The number of nitrogen functional groups attached to an aromatic ring is 1. The summed E-state index contributed by atoms with van der Waals surface area (Å²) >= 11 is 6.09. The normalized spacial score (nSPS) is 14.5. The van der Waals surface area contributed by atoms with Gasteiger partial charge in [0.25, 0.3) is 0 Å². The summed E-state index contributed by atoms with van der Waals surface area (Å²) in [5.74, 6) is 0.704. The maximum absolute atomic E-state index is 13.0. The number of hydrogen-bond acceptors (Lipinski definition) is 8. The molecule has 1 fully saturated rings. The number of nitrogens with two attached hydrogens (primary N) is 1. The van der Waals surface area contributed by atoms with E-state index in [-0.39, 0.29) is 20.6 Å². The molecule has 8 nitrogen and oxygen atoms in total. The minimum atomic E-state index is -3.93. The van der Waals surface area contributed by atoms with Gasteiger partial charge in [-0.25, -0.2) is 13.4 Å². The molecule has 2 heterocycles. The number of halogens is 1. The van der Waals surface area contributed by atoms with Gasteiger partial charge in [-0.2, -0.15) is 4.98 Å². The molecule has 0 unspecified atom stereocenters. The van der Waals surface area contributed by atoms with Gasteiger partial charge in [-0.1, -0.05) is 29.3 Å². The Morgan fingerprint density at radius 2 is 1.69 bits per heavy atom. The predicted octanol–water partition coefficient (Wildman–Crippen LogP) is 3.19. The highest BCUT2D eigenvalue weighted by Gasteiger charge is 2.25. The Bertz CT molecular complexity index is 1230. The number of rotatable bonds is 5. The van der Waals surface area contributed by atoms with E-state index in [1.54, 1.807) is 0 Å². The Labute approximate surface area is 192 Å². The molecule has 0 saturated carbocycles. The molecule has 1 saturated heterocycles. The van der Waals surface area contributed by atoms with E-state index in [1.807, 2.05) is 4.90 Å². The molecule has 32 heavy (non-hydrogen) atoms. The molecule has 2 aromatic carbocycles. The molecule has 1 aliphatic heterocycles. The number of nitrogens with zero attached hydrogens (tertiary/aromatic N) is 4. The van der Waals surface area contributed by atoms with E-state index in [0.29, 0.717) is 24.8 Å². The van der Waals surface area contributed by atoms with Crippen LogP contribution in [0.25, 0.3) is 0 Å². The molecule has 3 aromatic rings. The second-order valence-electron chi connectivity index (χ2n) is 7.53. The molecular formula is C22H24ClN5O3S. The summed E-state index contributed by atoms with van der Waals surface area (Å²) in [6.07, 6.45) is 1.26. The second-order valence-corrected chi connectivity index (χ2v) is 9.85. The highest BCUT2D eigenvalue weighted by Crippen LogP contribution is 2.31. The van der Waals surface area contributed by atoms with Crippen LogP contribution in [0.2, 0.25) is 5.02 Å². The van der Waals surface area contributed by atoms with E-state index in [9.17, 15) is 8.42 Å². The molecule has 0 amide bonds. The van der Waals surface area contributed by atoms with Gasteiger partial charge in [0.05, 0.1) is 23.2 Å². The Kier molecular flexibility index (Phi) is 6.12. The van der Waals surface area contributed by atoms with Crippen molar-refractivity contribution in [1.29, 1.82) is 0 Å². The number of methoxy groups -OCH3 is 1. The lowest BCUT2D eigenvalue weighted by Gasteiger charge is -2.36. The highest BCUT2D eigenvalue weighted by atomic mass is 35.5. The molecule has 0 aliphatic carbocycles. The van der Waals surface area contributed by atoms with E-state index < -0.39 is 9.84 Å². The lowest BCUT2D eigenvalue weighted by molar-refractivity contribution is 0.414. The number of piperazine rings is 1. The number of sulfone groups is 1. The summed E-state index contributed by atoms with van der Waals surface area (Å²) in [6.45, 7) is 5.07. The van der Waals surface area contributed by atoms with E-state index >= 15 is 0 Å². The molecular weight excluding hydrogens is 450 g/mol. The van der Waals surface area contributed by atoms with Crippen LogP contribution in [0.15, 0.2) is 58.5 Å². The van der Waals surface area contributed by atoms with Gasteiger partial charge in [0.15, 0.2) is 0 Å². The van der Waals surface area contributed by atoms with Crippen molar-refractivity contribution in [2.45, 2.75) is 16.7 Å². The van der Waals surface area contributed by atoms with Gasteiger partial charge in [0, 0.05) is 31.9 Å². The van der Waals surface area contributed by atoms with Crippen molar-refractivity contribution in [3.63, 3.8) is 0 Å². The summed E-state index contributed by atoms with van der Waals surface area (Å²) in [4.78, 5) is 12.7. The van der Waals surface area contributed by atoms with Crippen LogP contribution >= 0.6 is 11.6 Å². The molecule has 0 bridgehead atoms. The fraction of sp³-hybridized carbons (Fsp3) is 0.273. The van der Waals surface area contributed by atoms with Crippen molar-refractivity contribution in [1.82, 2.24) is 9.97 Å². The predicted molar refractivity (Wildman–Crippen MR) is 126 cm³/mol. The summed E-state index contributed by atoms with van der Waals surface area (Å²) in [5.41, 5.74) is 8.45. The zero-order valence-electron chi connectivity index (χ0n) is 17.8. The number of anilines is 3. The lowest BCUT2D eigenvalue weighted by Crippen LogP contribution is -2.47. The van der Waals surface area contributed by atoms with E-state index in [0.717, 1.165) is 13.1 Å². The van der Waals surface area contributed by atoms with Crippen LogP contribution in [-0.2, 0) is 9.84 Å². The average molecular weight is 474 g/mol. The van der Waals surface area contributed by atoms with Crippen molar-refractivity contribution >= 4 is 38.9 Å². The van der Waals surface area contributed by atoms with Crippen LogP contribution in [0, 0.1) is 6.92 Å². The first-order valence-corrected chi connectivity index (χ1v) is 11.9. The van der Waals surface area contributed by atoms with Crippen LogP contribution in [0.4, 0.5) is 17.5 Å². The third-order valence-corrected chi connectivity index (χ3v) is 7.52. The van der Waals surface area contributed by atoms with Gasteiger partial charge >= 0.3 is 0 Å². The van der Waals surface area contributed by atoms with Gasteiger partial charge in [-0.3, -0.25) is 0 Å². The average Bonchev–Trinajstić information content (AvgIpc) is 2.79. The van der Waals surface area contributed by atoms with Gasteiger partial charge in [-0.05, 0) is 37.3 Å². The summed E-state index contributed by atoms with van der Waals surface area (Å²) in [6, 6.07) is 12.7. The van der Waals surface area contributed by atoms with Crippen LogP contribution in [0.3, 0.4) is 0 Å². The number of aromatic nitrogens is 2. The fourth-order valence-corrected chi connectivity index (χ4v) is 5.20. The number of ether oxygens (including phenoxy) is 1. The number of aryl methyl sites for hydroxylation is 1. The van der Waals surface area contributed by atoms with Gasteiger partial charge in [0.1, 0.15) is 16.5 Å². The molecule has 1 aliphatic rings. The molecule has 0 spiro atoms. The van der Waals surface area contributed by atoms with Crippen LogP contribution < -0.4 is 20.3 Å². The van der Waals surface area contributed by atoms with Crippen molar-refractivity contribution in [2.24, 2.45) is 0 Å². The molecule has 2 N–H and O–H groups in total. The van der Waals surface area contributed by atoms with Gasteiger partial charge < -0.3 is 20.3 Å². The second kappa shape index (κ2) is 8.84. The molecule has 0 atom stereocenters. The maximum atomic E-state index is 13.0. The molecule has 10 heteroatoms. The Morgan fingerprint density at radius 3 is 2.28 bits per heavy atom. The zero-order valence-corrected chi connectivity index (χ0v) is 19.4. The lowest BCUT2D eigenvalue weighted by atomic mass is 10.2. The summed E-state index contributed by atoms with van der Waals surface area (Å²) in [5, 5.41) is 0.191. The van der Waals surface area contributed by atoms with Crippen LogP contribution in [0.1, 0.15) is 5.56 Å². The van der Waals surface area contributed by atoms with Crippen molar-refractivity contribution in [2.75, 3.05) is 48.8 Å². The van der Waals surface area contributed by atoms with Gasteiger partial charge in [-0.15, -0.1) is 0 Å². The van der Waals surface area contributed by atoms with E-state index in [1.165, 1.54) is 42.8 Å². The fourth-order valence-electron chi connectivity index (χ4n) is 3.60. The van der Waals surface area contributed by atoms with Crippen molar-refractivity contribution in [3.05, 3.63) is 59.2 Å². The van der Waals surface area contributed by atoms with E-state index in [4.69, 9.17) is 22.1 Å². The first-order chi connectivity index (χ1) is 15.3. The third-order valence-electron chi connectivity index (χ3n) is 5.45. The standard InChI is InChI=1S/C22H24ClN5O3S/c1-15-3-5-16(6-4-15)27-9-11-28(12-10-27)22-25-14-20(21(24)26-22)32(29,30)17-7-8-19(31-2)18(23)13-17/h3-8,13-14H,9-12H2,1-2H3,(H2,24,25,26). The molecule has 168 valence electrons. The number of benzene rings is 2. The largest absolute Gasteiger partial charge is 0.495 e. The van der Waals surface area contributed by atoms with Crippen LogP contribution in [0.5, 0.6) is 5.75 Å². The van der Waals surface area contributed by atoms with Crippen molar-refractivity contribution in [3.8, 4) is 5.75 Å². The quantitative estimate of drug-likeness (QED) is 0.602. The van der Waals surface area contributed by atoms with E-state index in [2.05, 4.69) is 46.1 Å². The maximum Gasteiger partial charge on any atom is 0.227 e. The number of hydrogen-bond donors (Lipinski definition) is 1. The minimum Gasteiger partial charge on any atom is -0.495 e. The summed E-state index contributed by atoms with van der Waals surface area (Å²) in [7, 11) is -2.47.